The van der Waals surface area contributed by atoms with Crippen molar-refractivity contribution in [3.8, 4) is 11.5 Å². The molecule has 2 atom stereocenters. The van der Waals surface area contributed by atoms with E-state index in [9.17, 15) is 5.11 Å². The number of rotatable bonds is 4. The summed E-state index contributed by atoms with van der Waals surface area (Å²) in [5.41, 5.74) is 0.835. The molecule has 1 fully saturated rings. The molecule has 1 heterocycles. The molecular formula is C15H22BrNO3. The van der Waals surface area contributed by atoms with Crippen LogP contribution in [0.1, 0.15) is 37.4 Å². The van der Waals surface area contributed by atoms with Crippen LogP contribution in [0, 0.1) is 0 Å². The summed E-state index contributed by atoms with van der Waals surface area (Å²) >= 11 is 3.51. The number of hydrogen-bond acceptors (Lipinski definition) is 4. The summed E-state index contributed by atoms with van der Waals surface area (Å²) in [6.45, 7) is 0.965. The van der Waals surface area contributed by atoms with Crippen LogP contribution in [-0.4, -0.2) is 31.9 Å². The van der Waals surface area contributed by atoms with Crippen molar-refractivity contribution in [3.63, 3.8) is 0 Å². The SMILES string of the molecule is COc1cc(Br)c(C(O)C2CCCCCN2)cc1OC. The molecule has 2 unspecified atom stereocenters. The smallest absolute Gasteiger partial charge is 0.161 e. The zero-order valence-electron chi connectivity index (χ0n) is 12.0. The highest BCUT2D eigenvalue weighted by molar-refractivity contribution is 9.10. The van der Waals surface area contributed by atoms with Gasteiger partial charge in [0.15, 0.2) is 11.5 Å². The lowest BCUT2D eigenvalue weighted by atomic mass is 9.98. The van der Waals surface area contributed by atoms with Gasteiger partial charge in [0.1, 0.15) is 0 Å². The molecule has 5 heteroatoms. The average molecular weight is 344 g/mol. The third-order valence-electron chi connectivity index (χ3n) is 3.80. The molecule has 1 aliphatic rings. The van der Waals surface area contributed by atoms with Gasteiger partial charge in [0.2, 0.25) is 0 Å². The Hall–Kier alpha value is -0.780. The normalized spacial score (nSPS) is 21.1. The number of halogens is 1. The number of methoxy groups -OCH3 is 2. The van der Waals surface area contributed by atoms with Crippen LogP contribution in [0.2, 0.25) is 0 Å². The predicted molar refractivity (Wildman–Crippen MR) is 82.5 cm³/mol. The van der Waals surface area contributed by atoms with Crippen LogP contribution in [0.15, 0.2) is 16.6 Å². The van der Waals surface area contributed by atoms with Gasteiger partial charge >= 0.3 is 0 Å². The third-order valence-corrected chi connectivity index (χ3v) is 4.49. The summed E-state index contributed by atoms with van der Waals surface area (Å²) < 4.78 is 11.4. The van der Waals surface area contributed by atoms with Gasteiger partial charge in [-0.05, 0) is 31.5 Å². The molecule has 0 spiro atoms. The maximum atomic E-state index is 10.6. The minimum atomic E-state index is -0.553. The molecule has 2 rings (SSSR count). The van der Waals surface area contributed by atoms with E-state index in [-0.39, 0.29) is 6.04 Å². The highest BCUT2D eigenvalue weighted by atomic mass is 79.9. The Morgan fingerprint density at radius 1 is 1.20 bits per heavy atom. The highest BCUT2D eigenvalue weighted by Gasteiger charge is 2.25. The quantitative estimate of drug-likeness (QED) is 0.882. The van der Waals surface area contributed by atoms with Crippen LogP contribution in [0.25, 0.3) is 0 Å². The van der Waals surface area contributed by atoms with Gasteiger partial charge in [-0.1, -0.05) is 28.8 Å². The lowest BCUT2D eigenvalue weighted by molar-refractivity contribution is 0.125. The standard InChI is InChI=1S/C15H22BrNO3/c1-19-13-8-10(11(16)9-14(13)20-2)15(18)12-6-4-3-5-7-17-12/h8-9,12,15,17-18H,3-7H2,1-2H3. The predicted octanol–water partition coefficient (Wildman–Crippen LogP) is 3.03. The molecule has 4 nitrogen and oxygen atoms in total. The average Bonchev–Trinajstić information content (AvgIpc) is 2.75. The molecule has 0 radical (unpaired) electrons. The Bertz CT molecular complexity index is 445. The Balaban J connectivity index is 2.26. The van der Waals surface area contributed by atoms with Crippen molar-refractivity contribution in [1.29, 1.82) is 0 Å². The van der Waals surface area contributed by atoms with Crippen molar-refractivity contribution in [2.24, 2.45) is 0 Å². The van der Waals surface area contributed by atoms with Gasteiger partial charge in [-0.25, -0.2) is 0 Å². The molecule has 1 saturated heterocycles. The van der Waals surface area contributed by atoms with Crippen LogP contribution in [-0.2, 0) is 0 Å². The van der Waals surface area contributed by atoms with Crippen LogP contribution in [0.4, 0.5) is 0 Å². The minimum absolute atomic E-state index is 0.0897. The molecule has 1 aromatic rings. The van der Waals surface area contributed by atoms with E-state index in [1.807, 2.05) is 12.1 Å². The Morgan fingerprint density at radius 2 is 1.90 bits per heavy atom. The molecule has 20 heavy (non-hydrogen) atoms. The van der Waals surface area contributed by atoms with E-state index < -0.39 is 6.10 Å². The van der Waals surface area contributed by atoms with Gasteiger partial charge < -0.3 is 19.9 Å². The van der Waals surface area contributed by atoms with E-state index in [0.717, 1.165) is 29.4 Å². The van der Waals surface area contributed by atoms with Gasteiger partial charge in [-0.2, -0.15) is 0 Å². The molecule has 1 aliphatic heterocycles. The largest absolute Gasteiger partial charge is 0.493 e. The fraction of sp³-hybridized carbons (Fsp3) is 0.600. The molecule has 0 amide bonds. The van der Waals surface area contributed by atoms with E-state index in [4.69, 9.17) is 9.47 Å². The van der Waals surface area contributed by atoms with E-state index >= 15 is 0 Å². The van der Waals surface area contributed by atoms with Gasteiger partial charge in [-0.15, -0.1) is 0 Å². The first-order chi connectivity index (χ1) is 9.67. The molecular weight excluding hydrogens is 322 g/mol. The zero-order valence-corrected chi connectivity index (χ0v) is 13.6. The summed E-state index contributed by atoms with van der Waals surface area (Å²) in [4.78, 5) is 0. The number of hydrogen-bond donors (Lipinski definition) is 2. The first kappa shape index (κ1) is 15.6. The van der Waals surface area contributed by atoms with Crippen LogP contribution >= 0.6 is 15.9 Å². The summed E-state index contributed by atoms with van der Waals surface area (Å²) in [6, 6.07) is 3.78. The fourth-order valence-electron chi connectivity index (χ4n) is 2.64. The van der Waals surface area contributed by atoms with Crippen LogP contribution < -0.4 is 14.8 Å². The first-order valence-electron chi connectivity index (χ1n) is 7.00. The summed E-state index contributed by atoms with van der Waals surface area (Å²) in [6.07, 6.45) is 3.99. The van der Waals surface area contributed by atoms with Crippen LogP contribution in [0.3, 0.4) is 0 Å². The Kier molecular flexibility index (Phi) is 5.69. The molecule has 0 bridgehead atoms. The maximum absolute atomic E-state index is 10.6. The highest BCUT2D eigenvalue weighted by Crippen LogP contribution is 2.37. The molecule has 0 aliphatic carbocycles. The van der Waals surface area contributed by atoms with Crippen molar-refractivity contribution in [2.45, 2.75) is 37.8 Å². The molecule has 0 aromatic heterocycles. The van der Waals surface area contributed by atoms with Crippen LogP contribution in [0.5, 0.6) is 11.5 Å². The number of benzene rings is 1. The number of nitrogens with one attached hydrogen (secondary N) is 1. The lowest BCUT2D eigenvalue weighted by Gasteiger charge is -2.24. The molecule has 2 N–H and O–H groups in total. The van der Waals surface area contributed by atoms with E-state index in [1.165, 1.54) is 12.8 Å². The molecule has 1 aromatic carbocycles. The third kappa shape index (κ3) is 3.45. The van der Waals surface area contributed by atoms with E-state index in [1.54, 1.807) is 14.2 Å². The number of aliphatic hydroxyl groups is 1. The Morgan fingerprint density at radius 3 is 2.60 bits per heavy atom. The molecule has 0 saturated carbocycles. The van der Waals surface area contributed by atoms with Gasteiger partial charge in [-0.3, -0.25) is 0 Å². The topological polar surface area (TPSA) is 50.7 Å². The first-order valence-corrected chi connectivity index (χ1v) is 7.79. The second-order valence-electron chi connectivity index (χ2n) is 5.08. The number of ether oxygens (including phenoxy) is 2. The van der Waals surface area contributed by atoms with Crippen molar-refractivity contribution in [3.05, 3.63) is 22.2 Å². The lowest BCUT2D eigenvalue weighted by Crippen LogP contribution is -2.34. The summed E-state index contributed by atoms with van der Waals surface area (Å²) in [7, 11) is 3.21. The van der Waals surface area contributed by atoms with Crippen molar-refractivity contribution < 1.29 is 14.6 Å². The van der Waals surface area contributed by atoms with Gasteiger partial charge in [0.25, 0.3) is 0 Å². The van der Waals surface area contributed by atoms with Gasteiger partial charge in [0.05, 0.1) is 20.3 Å². The zero-order chi connectivity index (χ0) is 14.5. The van der Waals surface area contributed by atoms with E-state index in [2.05, 4.69) is 21.2 Å². The summed E-state index contributed by atoms with van der Waals surface area (Å²) in [5.74, 6) is 1.29. The van der Waals surface area contributed by atoms with Gasteiger partial charge in [0, 0.05) is 16.1 Å². The molecule has 112 valence electrons. The van der Waals surface area contributed by atoms with Crippen molar-refractivity contribution in [2.75, 3.05) is 20.8 Å². The fourth-order valence-corrected chi connectivity index (χ4v) is 3.20. The Labute approximate surface area is 128 Å². The van der Waals surface area contributed by atoms with Crippen molar-refractivity contribution >= 4 is 15.9 Å². The summed E-state index contributed by atoms with van der Waals surface area (Å²) in [5, 5.41) is 14.1. The van der Waals surface area contributed by atoms with Crippen molar-refractivity contribution in [1.82, 2.24) is 5.32 Å². The maximum Gasteiger partial charge on any atom is 0.161 e. The second-order valence-corrected chi connectivity index (χ2v) is 5.94. The number of aliphatic hydroxyl groups excluding tert-OH is 1. The van der Waals surface area contributed by atoms with E-state index in [0.29, 0.717) is 11.5 Å². The minimum Gasteiger partial charge on any atom is -0.493 e. The monoisotopic (exact) mass is 343 g/mol. The second kappa shape index (κ2) is 7.29.